The molecule has 0 aliphatic heterocycles. The molecule has 0 aliphatic rings. The summed E-state index contributed by atoms with van der Waals surface area (Å²) in [6.45, 7) is 8.98. The highest BCUT2D eigenvalue weighted by Crippen LogP contribution is 2.26. The van der Waals surface area contributed by atoms with Gasteiger partial charge in [0.1, 0.15) is 18.1 Å². The lowest BCUT2D eigenvalue weighted by molar-refractivity contribution is -0.146. The van der Waals surface area contributed by atoms with E-state index in [9.17, 15) is 9.59 Å². The Bertz CT molecular complexity index is 1130. The van der Waals surface area contributed by atoms with E-state index >= 15 is 0 Å². The molecule has 0 heterocycles. The van der Waals surface area contributed by atoms with Crippen LogP contribution < -0.4 is 9.47 Å². The molecule has 0 aliphatic carbocycles. The number of hydrogen-bond donors (Lipinski definition) is 0. The molecule has 3 aromatic carbocycles. The topological polar surface area (TPSA) is 71.1 Å². The Morgan fingerprint density at radius 3 is 2.18 bits per heavy atom. The average molecular weight is 481 g/mol. The van der Waals surface area contributed by atoms with Crippen molar-refractivity contribution in [3.05, 3.63) is 71.8 Å². The summed E-state index contributed by atoms with van der Waals surface area (Å²) < 4.78 is 21.1. The number of rotatable bonds is 9. The zero-order valence-electron chi connectivity index (χ0n) is 20.4. The molecular formula is C27H32O6Si. The van der Waals surface area contributed by atoms with E-state index in [0.717, 1.165) is 33.7 Å². The second-order valence-corrected chi connectivity index (χ2v) is 15.1. The van der Waals surface area contributed by atoms with E-state index in [1.54, 1.807) is 31.4 Å². The first kappa shape index (κ1) is 25.3. The van der Waals surface area contributed by atoms with Crippen LogP contribution in [0, 0.1) is 0 Å². The van der Waals surface area contributed by atoms with Gasteiger partial charge >= 0.3 is 12.1 Å². The molecule has 0 aromatic heterocycles. The molecule has 7 heteroatoms. The van der Waals surface area contributed by atoms with E-state index in [0.29, 0.717) is 12.4 Å². The summed E-state index contributed by atoms with van der Waals surface area (Å²) in [6.07, 6.45) is -0.708. The first-order chi connectivity index (χ1) is 16.1. The second kappa shape index (κ2) is 11.2. The molecule has 0 unspecified atom stereocenters. The van der Waals surface area contributed by atoms with Gasteiger partial charge in [0.05, 0.1) is 19.6 Å². The standard InChI is InChI=1S/C27H32O6Si/c1-19(21-8-9-23-17-25(30-2)13-10-22(23)16-21)26(28)32-18-20-6-11-24(12-7-20)33-27(29)31-14-15-34(3,4)5/h6-13,16-17,19H,14-15,18H2,1-5H3/t19-/m0/s1. The molecule has 3 rings (SSSR count). The fraction of sp³-hybridized carbons (Fsp3) is 0.333. The van der Waals surface area contributed by atoms with Crippen LogP contribution >= 0.6 is 0 Å². The lowest BCUT2D eigenvalue weighted by atomic mass is 9.98. The molecule has 0 saturated heterocycles. The van der Waals surface area contributed by atoms with Crippen LogP contribution in [0.2, 0.25) is 25.7 Å². The van der Waals surface area contributed by atoms with Gasteiger partial charge in [-0.25, -0.2) is 4.79 Å². The van der Waals surface area contributed by atoms with Crippen LogP contribution in [-0.2, 0) is 20.9 Å². The molecule has 0 N–H and O–H groups in total. The Morgan fingerprint density at radius 1 is 0.853 bits per heavy atom. The van der Waals surface area contributed by atoms with Gasteiger partial charge in [-0.05, 0) is 59.1 Å². The summed E-state index contributed by atoms with van der Waals surface area (Å²) in [5.74, 6) is 0.469. The highest BCUT2D eigenvalue weighted by atomic mass is 28.3. The molecule has 3 aromatic rings. The monoisotopic (exact) mass is 480 g/mol. The molecule has 0 spiro atoms. The van der Waals surface area contributed by atoms with Crippen LogP contribution in [0.5, 0.6) is 11.5 Å². The fourth-order valence-corrected chi connectivity index (χ4v) is 3.99. The lowest BCUT2D eigenvalue weighted by Gasteiger charge is -2.15. The van der Waals surface area contributed by atoms with E-state index in [1.165, 1.54) is 0 Å². The van der Waals surface area contributed by atoms with Crippen LogP contribution in [0.4, 0.5) is 4.79 Å². The maximum atomic E-state index is 12.6. The van der Waals surface area contributed by atoms with Crippen molar-refractivity contribution in [1.29, 1.82) is 0 Å². The number of fused-ring (bicyclic) bond motifs is 1. The SMILES string of the molecule is COc1ccc2cc([C@H](C)C(=O)OCc3ccc(OC(=O)OCC[Si](C)(C)C)cc3)ccc2c1. The van der Waals surface area contributed by atoms with Crippen molar-refractivity contribution >= 4 is 31.0 Å². The van der Waals surface area contributed by atoms with Gasteiger partial charge in [0.2, 0.25) is 0 Å². The van der Waals surface area contributed by atoms with E-state index in [1.807, 2.05) is 43.3 Å². The Morgan fingerprint density at radius 2 is 1.50 bits per heavy atom. The highest BCUT2D eigenvalue weighted by molar-refractivity contribution is 6.76. The van der Waals surface area contributed by atoms with Gasteiger partial charge in [-0.15, -0.1) is 0 Å². The van der Waals surface area contributed by atoms with Crippen molar-refractivity contribution in [2.45, 2.75) is 45.1 Å². The van der Waals surface area contributed by atoms with Crippen molar-refractivity contribution in [3.63, 3.8) is 0 Å². The molecule has 34 heavy (non-hydrogen) atoms. The summed E-state index contributed by atoms with van der Waals surface area (Å²) in [4.78, 5) is 24.4. The van der Waals surface area contributed by atoms with Gasteiger partial charge < -0.3 is 18.9 Å². The van der Waals surface area contributed by atoms with Crippen LogP contribution in [0.25, 0.3) is 10.8 Å². The number of carbonyl (C=O) groups is 2. The van der Waals surface area contributed by atoms with Crippen LogP contribution in [0.1, 0.15) is 24.0 Å². The first-order valence-corrected chi connectivity index (χ1v) is 15.0. The van der Waals surface area contributed by atoms with Crippen LogP contribution in [0.3, 0.4) is 0 Å². The van der Waals surface area contributed by atoms with Crippen molar-refractivity contribution < 1.29 is 28.5 Å². The van der Waals surface area contributed by atoms with Gasteiger partial charge in [-0.2, -0.15) is 0 Å². The van der Waals surface area contributed by atoms with Gasteiger partial charge in [0.15, 0.2) is 0 Å². The minimum atomic E-state index is -1.27. The predicted molar refractivity (Wildman–Crippen MR) is 135 cm³/mol. The number of benzene rings is 3. The third-order valence-corrected chi connectivity index (χ3v) is 7.21. The molecule has 0 bridgehead atoms. The molecule has 0 saturated carbocycles. The summed E-state index contributed by atoms with van der Waals surface area (Å²) in [6, 6.07) is 19.5. The van der Waals surface area contributed by atoms with E-state index in [4.69, 9.17) is 18.9 Å². The number of ether oxygens (including phenoxy) is 4. The molecular weight excluding hydrogens is 448 g/mol. The number of esters is 1. The van der Waals surface area contributed by atoms with Crippen LogP contribution in [-0.4, -0.2) is 33.9 Å². The molecule has 0 fully saturated rings. The molecule has 1 atom stereocenters. The number of hydrogen-bond acceptors (Lipinski definition) is 6. The average Bonchev–Trinajstić information content (AvgIpc) is 2.81. The predicted octanol–water partition coefficient (Wildman–Crippen LogP) is 6.55. The van der Waals surface area contributed by atoms with Crippen molar-refractivity contribution in [2.24, 2.45) is 0 Å². The minimum absolute atomic E-state index is 0.134. The van der Waals surface area contributed by atoms with Crippen molar-refractivity contribution in [3.8, 4) is 11.5 Å². The van der Waals surface area contributed by atoms with Gasteiger partial charge in [-0.1, -0.05) is 56.0 Å². The number of carbonyl (C=O) groups excluding carboxylic acids is 2. The Kier molecular flexibility index (Phi) is 8.34. The summed E-state index contributed by atoms with van der Waals surface area (Å²) in [5, 5.41) is 2.08. The van der Waals surface area contributed by atoms with Crippen LogP contribution in [0.15, 0.2) is 60.7 Å². The Labute approximate surface area is 201 Å². The van der Waals surface area contributed by atoms with Crippen molar-refractivity contribution in [1.82, 2.24) is 0 Å². The molecule has 6 nitrogen and oxygen atoms in total. The Balaban J connectivity index is 1.50. The normalized spacial score (nSPS) is 12.1. The molecule has 0 amide bonds. The third-order valence-electron chi connectivity index (χ3n) is 5.50. The van der Waals surface area contributed by atoms with Gasteiger partial charge in [0, 0.05) is 8.07 Å². The summed E-state index contributed by atoms with van der Waals surface area (Å²) in [5.41, 5.74) is 1.68. The summed E-state index contributed by atoms with van der Waals surface area (Å²) in [7, 11) is 0.371. The quantitative estimate of drug-likeness (QED) is 0.196. The minimum Gasteiger partial charge on any atom is -0.497 e. The van der Waals surface area contributed by atoms with Crippen molar-refractivity contribution in [2.75, 3.05) is 13.7 Å². The maximum Gasteiger partial charge on any atom is 0.513 e. The Hall–Kier alpha value is -3.32. The van der Waals surface area contributed by atoms with Gasteiger partial charge in [0.25, 0.3) is 0 Å². The summed E-state index contributed by atoms with van der Waals surface area (Å²) >= 11 is 0. The molecule has 180 valence electrons. The lowest BCUT2D eigenvalue weighted by Crippen LogP contribution is -2.23. The highest BCUT2D eigenvalue weighted by Gasteiger charge is 2.18. The largest absolute Gasteiger partial charge is 0.513 e. The number of methoxy groups -OCH3 is 1. The van der Waals surface area contributed by atoms with E-state index < -0.39 is 20.1 Å². The molecule has 0 radical (unpaired) electrons. The zero-order valence-corrected chi connectivity index (χ0v) is 21.4. The zero-order chi connectivity index (χ0) is 24.7. The van der Waals surface area contributed by atoms with Gasteiger partial charge in [-0.3, -0.25) is 4.79 Å². The van der Waals surface area contributed by atoms with E-state index in [2.05, 4.69) is 19.6 Å². The smallest absolute Gasteiger partial charge is 0.497 e. The van der Waals surface area contributed by atoms with E-state index in [-0.39, 0.29) is 12.6 Å². The fourth-order valence-electron chi connectivity index (χ4n) is 3.27. The second-order valence-electron chi connectivity index (χ2n) is 9.46. The maximum absolute atomic E-state index is 12.6. The first-order valence-electron chi connectivity index (χ1n) is 11.3. The third kappa shape index (κ3) is 7.35.